The summed E-state index contributed by atoms with van der Waals surface area (Å²) >= 11 is 0. The average Bonchev–Trinajstić information content (AvgIpc) is 2.82. The number of aromatic nitrogens is 1. The Morgan fingerprint density at radius 3 is 2.52 bits per heavy atom. The molecule has 0 spiro atoms. The second-order valence-electron chi connectivity index (χ2n) is 5.12. The van der Waals surface area contributed by atoms with Gasteiger partial charge in [0.25, 0.3) is 0 Å². The van der Waals surface area contributed by atoms with Crippen LogP contribution in [-0.2, 0) is 4.79 Å². The molecule has 116 valence electrons. The molecule has 3 rings (SSSR count). The van der Waals surface area contributed by atoms with E-state index < -0.39 is 0 Å². The summed E-state index contributed by atoms with van der Waals surface area (Å²) < 4.78 is 0. The van der Waals surface area contributed by atoms with Crippen LogP contribution >= 0.6 is 0 Å². The van der Waals surface area contributed by atoms with Crippen LogP contribution in [0.1, 0.15) is 12.5 Å². The summed E-state index contributed by atoms with van der Waals surface area (Å²) in [5, 5.41) is 18.8. The summed E-state index contributed by atoms with van der Waals surface area (Å²) in [5.41, 5.74) is 5.17. The number of phenolic OH excluding ortho intramolecular Hbond substituents is 1. The Kier molecular flexibility index (Phi) is 3.76. The Morgan fingerprint density at radius 1 is 1.13 bits per heavy atom. The largest absolute Gasteiger partial charge is 0.508 e. The molecule has 2 heterocycles. The lowest BCUT2D eigenvalue weighted by Crippen LogP contribution is -2.28. The molecule has 0 bridgehead atoms. The molecule has 1 aliphatic rings. The molecule has 1 aliphatic heterocycles. The maximum Gasteiger partial charge on any atom is 0.302 e. The van der Waals surface area contributed by atoms with Crippen LogP contribution < -0.4 is 10.4 Å². The molecule has 23 heavy (non-hydrogen) atoms. The lowest BCUT2D eigenvalue weighted by atomic mass is 10.2. The van der Waals surface area contributed by atoms with E-state index in [1.807, 2.05) is 13.0 Å². The normalized spacial score (nSPS) is 15.9. The summed E-state index contributed by atoms with van der Waals surface area (Å²) in [6.45, 7) is 3.63. The zero-order valence-corrected chi connectivity index (χ0v) is 12.7. The van der Waals surface area contributed by atoms with Gasteiger partial charge in [-0.25, -0.2) is 4.98 Å². The van der Waals surface area contributed by atoms with Gasteiger partial charge in [-0.1, -0.05) is 6.07 Å². The van der Waals surface area contributed by atoms with Crippen molar-refractivity contribution in [1.82, 2.24) is 4.98 Å². The number of hydrazone groups is 2. The van der Waals surface area contributed by atoms with Gasteiger partial charge in [0.2, 0.25) is 0 Å². The van der Waals surface area contributed by atoms with Crippen LogP contribution in [0.25, 0.3) is 0 Å². The summed E-state index contributed by atoms with van der Waals surface area (Å²) in [4.78, 5) is 16.6. The molecule has 0 saturated carbocycles. The number of rotatable bonds is 3. The van der Waals surface area contributed by atoms with Crippen molar-refractivity contribution < 1.29 is 9.90 Å². The first-order valence-electron chi connectivity index (χ1n) is 7.00. The molecule has 1 aromatic carbocycles. The second kappa shape index (κ2) is 5.88. The fourth-order valence-electron chi connectivity index (χ4n) is 2.02. The number of benzene rings is 1. The number of hydrogen-bond acceptors (Lipinski definition) is 6. The van der Waals surface area contributed by atoms with Crippen molar-refractivity contribution in [3.05, 3.63) is 48.2 Å². The molecule has 0 fully saturated rings. The molecule has 0 unspecified atom stereocenters. The first kappa shape index (κ1) is 14.7. The van der Waals surface area contributed by atoms with Gasteiger partial charge in [0, 0.05) is 6.20 Å². The highest BCUT2D eigenvalue weighted by molar-refractivity contribution is 6.71. The molecule has 0 saturated heterocycles. The van der Waals surface area contributed by atoms with E-state index in [-0.39, 0.29) is 17.4 Å². The monoisotopic (exact) mass is 309 g/mol. The minimum Gasteiger partial charge on any atom is -0.508 e. The fourth-order valence-corrected chi connectivity index (χ4v) is 2.02. The molecular weight excluding hydrogens is 294 g/mol. The Bertz CT molecular complexity index is 794. The number of aryl methyl sites for hydroxylation is 1. The molecule has 2 aromatic rings. The number of carbonyl (C=O) groups excluding carboxylic acids is 1. The van der Waals surface area contributed by atoms with E-state index in [9.17, 15) is 9.90 Å². The van der Waals surface area contributed by atoms with Crippen LogP contribution in [0.2, 0.25) is 0 Å². The van der Waals surface area contributed by atoms with Gasteiger partial charge in [-0.3, -0.25) is 10.2 Å². The summed E-state index contributed by atoms with van der Waals surface area (Å²) in [5.74, 6) is 0.273. The van der Waals surface area contributed by atoms with Gasteiger partial charge in [-0.2, -0.15) is 15.2 Å². The van der Waals surface area contributed by atoms with E-state index in [0.29, 0.717) is 17.2 Å². The maximum absolute atomic E-state index is 12.4. The number of hydrogen-bond donors (Lipinski definition) is 2. The summed E-state index contributed by atoms with van der Waals surface area (Å²) in [6, 6.07) is 9.98. The minimum atomic E-state index is -0.342. The third kappa shape index (κ3) is 3.03. The Balaban J connectivity index is 1.80. The van der Waals surface area contributed by atoms with Gasteiger partial charge in [0.05, 0.1) is 11.4 Å². The van der Waals surface area contributed by atoms with Crippen molar-refractivity contribution >= 4 is 28.8 Å². The zero-order valence-electron chi connectivity index (χ0n) is 12.7. The lowest BCUT2D eigenvalue weighted by molar-refractivity contribution is -0.112. The molecule has 1 amide bonds. The average molecular weight is 309 g/mol. The zero-order chi connectivity index (χ0) is 16.4. The highest BCUT2D eigenvalue weighted by Gasteiger charge is 2.31. The van der Waals surface area contributed by atoms with E-state index in [0.717, 1.165) is 5.56 Å². The van der Waals surface area contributed by atoms with Crippen LogP contribution in [0, 0.1) is 6.92 Å². The first-order chi connectivity index (χ1) is 11.0. The van der Waals surface area contributed by atoms with Crippen molar-refractivity contribution in [3.8, 4) is 5.75 Å². The third-order valence-electron chi connectivity index (χ3n) is 3.26. The topological polar surface area (TPSA) is 90.2 Å². The smallest absolute Gasteiger partial charge is 0.302 e. The number of pyridine rings is 1. The molecule has 0 atom stereocenters. The predicted octanol–water partition coefficient (Wildman–Crippen LogP) is 2.29. The molecule has 1 aromatic heterocycles. The van der Waals surface area contributed by atoms with Crippen LogP contribution in [0.15, 0.2) is 52.8 Å². The van der Waals surface area contributed by atoms with E-state index in [1.165, 1.54) is 17.1 Å². The van der Waals surface area contributed by atoms with E-state index in [2.05, 4.69) is 20.6 Å². The quantitative estimate of drug-likeness (QED) is 0.672. The Hall–Kier alpha value is -3.22. The van der Waals surface area contributed by atoms with Crippen molar-refractivity contribution in [3.63, 3.8) is 0 Å². The van der Waals surface area contributed by atoms with Gasteiger partial charge in [-0.15, -0.1) is 0 Å². The van der Waals surface area contributed by atoms with Gasteiger partial charge >= 0.3 is 5.91 Å². The van der Waals surface area contributed by atoms with Crippen molar-refractivity contribution in [2.45, 2.75) is 13.8 Å². The fraction of sp³-hybridized carbons (Fsp3) is 0.125. The van der Waals surface area contributed by atoms with E-state index in [4.69, 9.17) is 0 Å². The highest BCUT2D eigenvalue weighted by atomic mass is 16.3. The van der Waals surface area contributed by atoms with Crippen LogP contribution in [0.5, 0.6) is 5.75 Å². The van der Waals surface area contributed by atoms with Crippen LogP contribution in [0.4, 0.5) is 11.5 Å². The number of amides is 1. The number of anilines is 2. The van der Waals surface area contributed by atoms with E-state index >= 15 is 0 Å². The van der Waals surface area contributed by atoms with Crippen molar-refractivity contribution in [2.24, 2.45) is 10.2 Å². The summed E-state index contributed by atoms with van der Waals surface area (Å²) in [7, 11) is 0. The highest BCUT2D eigenvalue weighted by Crippen LogP contribution is 2.18. The number of nitrogens with zero attached hydrogens (tertiary/aromatic N) is 4. The van der Waals surface area contributed by atoms with Crippen molar-refractivity contribution in [1.29, 1.82) is 0 Å². The Morgan fingerprint density at radius 2 is 1.87 bits per heavy atom. The standard InChI is InChI=1S/C16H15N5O2/c1-10-3-8-14(17-9-10)21-16(23)15(11(2)20-21)19-18-12-4-6-13(22)7-5-12/h3-9,18,22H,1-2H3. The number of aromatic hydroxyl groups is 1. The maximum atomic E-state index is 12.4. The van der Waals surface area contributed by atoms with Gasteiger partial charge in [0.1, 0.15) is 5.75 Å². The van der Waals surface area contributed by atoms with Crippen LogP contribution in [0.3, 0.4) is 0 Å². The molecule has 7 nitrogen and oxygen atoms in total. The molecule has 0 aliphatic carbocycles. The third-order valence-corrected chi connectivity index (χ3v) is 3.26. The molecule has 2 N–H and O–H groups in total. The molecule has 7 heteroatoms. The van der Waals surface area contributed by atoms with Crippen LogP contribution in [-0.4, -0.2) is 27.4 Å². The van der Waals surface area contributed by atoms with Gasteiger partial charge in [0.15, 0.2) is 11.5 Å². The van der Waals surface area contributed by atoms with Crippen molar-refractivity contribution in [2.75, 3.05) is 10.4 Å². The number of phenols is 1. The molecular formula is C16H15N5O2. The Labute approximate surface area is 133 Å². The van der Waals surface area contributed by atoms with Gasteiger partial charge in [-0.05, 0) is 49.7 Å². The van der Waals surface area contributed by atoms with E-state index in [1.54, 1.807) is 31.3 Å². The SMILES string of the molecule is CC1=NN(c2ccc(C)cn2)C(=O)C1=NNc1ccc(O)cc1. The second-order valence-corrected chi connectivity index (χ2v) is 5.12. The lowest BCUT2D eigenvalue weighted by Gasteiger charge is -2.10. The van der Waals surface area contributed by atoms with Gasteiger partial charge < -0.3 is 5.11 Å². The number of carbonyl (C=O) groups is 1. The number of nitrogens with one attached hydrogen (secondary N) is 1. The minimum absolute atomic E-state index is 0.162. The predicted molar refractivity (Wildman–Crippen MR) is 88.7 cm³/mol. The molecule has 0 radical (unpaired) electrons. The first-order valence-corrected chi connectivity index (χ1v) is 7.00. The summed E-state index contributed by atoms with van der Waals surface area (Å²) in [6.07, 6.45) is 1.68.